The van der Waals surface area contributed by atoms with Crippen LogP contribution in [-0.2, 0) is 10.7 Å². The molecule has 0 aliphatic carbocycles. The fourth-order valence-corrected chi connectivity index (χ4v) is 1.63. The maximum atomic E-state index is 13.0. The van der Waals surface area contributed by atoms with Crippen LogP contribution in [0.25, 0.3) is 0 Å². The van der Waals surface area contributed by atoms with Crippen molar-refractivity contribution in [3.05, 3.63) is 23.7 Å². The first-order valence-electron chi connectivity index (χ1n) is 5.40. The maximum Gasteiger partial charge on any atom is 0.305 e. The van der Waals surface area contributed by atoms with Gasteiger partial charge in [-0.3, -0.25) is 0 Å². The number of rotatable bonds is 3. The number of aliphatic hydroxyl groups excluding tert-OH is 3. The SMILES string of the molecule is CC(F)(F)c1ncn([C@@H]2O[C@](C)(CO)C(O)=C2O)n1. The molecule has 1 aromatic heterocycles. The van der Waals surface area contributed by atoms with Gasteiger partial charge in [-0.05, 0) is 6.92 Å². The summed E-state index contributed by atoms with van der Waals surface area (Å²) in [6.07, 6.45) is -0.356. The molecule has 9 heteroatoms. The highest BCUT2D eigenvalue weighted by Crippen LogP contribution is 2.38. The number of nitrogens with zero attached hydrogens (tertiary/aromatic N) is 3. The molecule has 2 rings (SSSR count). The molecule has 1 aliphatic rings. The smallest absolute Gasteiger partial charge is 0.305 e. The first-order chi connectivity index (χ1) is 8.69. The quantitative estimate of drug-likeness (QED) is 0.762. The van der Waals surface area contributed by atoms with E-state index in [-0.39, 0.29) is 0 Å². The van der Waals surface area contributed by atoms with Crippen molar-refractivity contribution in [1.82, 2.24) is 14.8 Å². The Morgan fingerprint density at radius 2 is 2.16 bits per heavy atom. The average molecular weight is 277 g/mol. The van der Waals surface area contributed by atoms with Gasteiger partial charge in [-0.15, -0.1) is 5.10 Å². The van der Waals surface area contributed by atoms with E-state index in [0.717, 1.165) is 11.0 Å². The monoisotopic (exact) mass is 277 g/mol. The number of hydrogen-bond acceptors (Lipinski definition) is 6. The summed E-state index contributed by atoms with van der Waals surface area (Å²) < 4.78 is 32.1. The van der Waals surface area contributed by atoms with Crippen LogP contribution in [0.5, 0.6) is 0 Å². The van der Waals surface area contributed by atoms with Crippen molar-refractivity contribution in [2.75, 3.05) is 6.61 Å². The van der Waals surface area contributed by atoms with Crippen LogP contribution in [0.4, 0.5) is 8.78 Å². The van der Waals surface area contributed by atoms with Crippen LogP contribution in [0, 0.1) is 0 Å². The van der Waals surface area contributed by atoms with Gasteiger partial charge in [0.05, 0.1) is 6.61 Å². The Balaban J connectivity index is 2.33. The first kappa shape index (κ1) is 13.7. The number of halogens is 2. The fourth-order valence-electron chi connectivity index (χ4n) is 1.63. The molecular formula is C10H13F2N3O4. The number of hydrogen-bond donors (Lipinski definition) is 3. The van der Waals surface area contributed by atoms with Crippen molar-refractivity contribution in [2.45, 2.75) is 31.6 Å². The Bertz CT molecular complexity index is 525. The van der Waals surface area contributed by atoms with E-state index in [9.17, 15) is 19.0 Å². The van der Waals surface area contributed by atoms with Gasteiger partial charge < -0.3 is 20.1 Å². The van der Waals surface area contributed by atoms with Gasteiger partial charge in [0.15, 0.2) is 17.1 Å². The molecule has 19 heavy (non-hydrogen) atoms. The van der Waals surface area contributed by atoms with Crippen LogP contribution in [-0.4, -0.2) is 42.3 Å². The molecule has 0 radical (unpaired) electrons. The zero-order valence-electron chi connectivity index (χ0n) is 10.2. The third-order valence-corrected chi connectivity index (χ3v) is 2.79. The molecule has 0 saturated carbocycles. The molecular weight excluding hydrogens is 264 g/mol. The van der Waals surface area contributed by atoms with Gasteiger partial charge in [0.1, 0.15) is 6.33 Å². The minimum Gasteiger partial charge on any atom is -0.506 e. The van der Waals surface area contributed by atoms with Crippen molar-refractivity contribution in [1.29, 1.82) is 0 Å². The lowest BCUT2D eigenvalue weighted by molar-refractivity contribution is -0.101. The van der Waals surface area contributed by atoms with Crippen molar-refractivity contribution < 1.29 is 28.8 Å². The Hall–Kier alpha value is -1.74. The third-order valence-electron chi connectivity index (χ3n) is 2.79. The van der Waals surface area contributed by atoms with Crippen LogP contribution in [0.2, 0.25) is 0 Å². The lowest BCUT2D eigenvalue weighted by atomic mass is 10.1. The molecule has 1 aliphatic heterocycles. The second kappa shape index (κ2) is 4.14. The number of ether oxygens (including phenoxy) is 1. The van der Waals surface area contributed by atoms with Crippen molar-refractivity contribution >= 4 is 0 Å². The summed E-state index contributed by atoms with van der Waals surface area (Å²) >= 11 is 0. The summed E-state index contributed by atoms with van der Waals surface area (Å²) in [7, 11) is 0. The van der Waals surface area contributed by atoms with E-state index in [1.807, 2.05) is 0 Å². The Labute approximate surface area is 106 Å². The van der Waals surface area contributed by atoms with E-state index in [1.165, 1.54) is 6.92 Å². The normalized spacial score (nSPS) is 28.2. The summed E-state index contributed by atoms with van der Waals surface area (Å²) in [4.78, 5) is 3.41. The van der Waals surface area contributed by atoms with Crippen molar-refractivity contribution in [2.24, 2.45) is 0 Å². The Kier molecular flexibility index (Phi) is 2.98. The number of aliphatic hydroxyl groups is 3. The van der Waals surface area contributed by atoms with Crippen LogP contribution in [0.3, 0.4) is 0 Å². The minimum atomic E-state index is -3.23. The lowest BCUT2D eigenvalue weighted by Gasteiger charge is -2.22. The summed E-state index contributed by atoms with van der Waals surface area (Å²) in [6.45, 7) is 1.38. The van der Waals surface area contributed by atoms with E-state index in [4.69, 9.17) is 9.84 Å². The summed E-state index contributed by atoms with van der Waals surface area (Å²) in [6, 6.07) is 0. The van der Waals surface area contributed by atoms with Crippen molar-refractivity contribution in [3.8, 4) is 0 Å². The van der Waals surface area contributed by atoms with Gasteiger partial charge in [-0.1, -0.05) is 0 Å². The lowest BCUT2D eigenvalue weighted by Crippen LogP contribution is -2.33. The van der Waals surface area contributed by atoms with E-state index >= 15 is 0 Å². The molecule has 0 amide bonds. The molecule has 106 valence electrons. The molecule has 1 aromatic rings. The molecule has 2 heterocycles. The largest absolute Gasteiger partial charge is 0.506 e. The predicted molar refractivity (Wildman–Crippen MR) is 57.5 cm³/mol. The van der Waals surface area contributed by atoms with Crippen molar-refractivity contribution in [3.63, 3.8) is 0 Å². The van der Waals surface area contributed by atoms with Crippen LogP contribution >= 0.6 is 0 Å². The van der Waals surface area contributed by atoms with Gasteiger partial charge in [-0.2, -0.15) is 8.78 Å². The van der Waals surface area contributed by atoms with E-state index in [2.05, 4.69) is 10.1 Å². The topological polar surface area (TPSA) is 101 Å². The van der Waals surface area contributed by atoms with Crippen LogP contribution in [0.1, 0.15) is 25.9 Å². The van der Waals surface area contributed by atoms with Gasteiger partial charge in [-0.25, -0.2) is 9.67 Å². The summed E-state index contributed by atoms with van der Waals surface area (Å²) in [5.74, 6) is -5.14. The average Bonchev–Trinajstić information content (AvgIpc) is 2.89. The first-order valence-corrected chi connectivity index (χ1v) is 5.40. The van der Waals surface area contributed by atoms with E-state index in [1.54, 1.807) is 0 Å². The molecule has 0 spiro atoms. The third kappa shape index (κ3) is 2.15. The Morgan fingerprint density at radius 3 is 2.58 bits per heavy atom. The van der Waals surface area contributed by atoms with Gasteiger partial charge in [0.2, 0.25) is 12.1 Å². The zero-order chi connectivity index (χ0) is 14.4. The molecule has 0 fully saturated rings. The number of aromatic nitrogens is 3. The minimum absolute atomic E-state index is 0.569. The second-order valence-electron chi connectivity index (χ2n) is 4.53. The summed E-state index contributed by atoms with van der Waals surface area (Å²) in [5, 5.41) is 32.0. The molecule has 3 N–H and O–H groups in total. The van der Waals surface area contributed by atoms with Gasteiger partial charge >= 0.3 is 5.92 Å². The van der Waals surface area contributed by atoms with E-state index in [0.29, 0.717) is 6.92 Å². The second-order valence-corrected chi connectivity index (χ2v) is 4.53. The standard InChI is InChI=1S/C10H13F2N3O4/c1-9(3-16)6(18)5(17)7(19-9)15-4-13-8(14-15)10(2,11)12/h4,7,16-18H,3H2,1-2H3/t7-,9-/m1/s1. The molecule has 0 saturated heterocycles. The summed E-state index contributed by atoms with van der Waals surface area (Å²) in [5.41, 5.74) is -1.50. The molecule has 7 nitrogen and oxygen atoms in total. The van der Waals surface area contributed by atoms with Crippen LogP contribution in [0.15, 0.2) is 17.8 Å². The highest BCUT2D eigenvalue weighted by atomic mass is 19.3. The highest BCUT2D eigenvalue weighted by molar-refractivity contribution is 5.19. The number of alkyl halides is 2. The van der Waals surface area contributed by atoms with Gasteiger partial charge in [0, 0.05) is 6.92 Å². The highest BCUT2D eigenvalue weighted by Gasteiger charge is 2.46. The molecule has 0 unspecified atom stereocenters. The zero-order valence-corrected chi connectivity index (χ0v) is 10.2. The maximum absolute atomic E-state index is 13.0. The molecule has 2 atom stereocenters. The van der Waals surface area contributed by atoms with E-state index < -0.39 is 41.7 Å². The predicted octanol–water partition coefficient (Wildman–Crippen LogP) is 0.997. The van der Waals surface area contributed by atoms with Crippen LogP contribution < -0.4 is 0 Å². The molecule has 0 aromatic carbocycles. The Morgan fingerprint density at radius 1 is 1.53 bits per heavy atom. The fraction of sp³-hybridized carbons (Fsp3) is 0.600. The van der Waals surface area contributed by atoms with Gasteiger partial charge in [0.25, 0.3) is 0 Å². The molecule has 0 bridgehead atoms.